The molecule has 1 aliphatic rings. The molecule has 3 nitrogen and oxygen atoms in total. The van der Waals surface area contributed by atoms with E-state index < -0.39 is 0 Å². The fraction of sp³-hybridized carbons (Fsp3) is 0.316. The maximum atomic E-state index is 11.8. The van der Waals surface area contributed by atoms with Crippen LogP contribution in [0.25, 0.3) is 6.08 Å². The van der Waals surface area contributed by atoms with E-state index >= 15 is 0 Å². The third-order valence-corrected chi connectivity index (χ3v) is 3.69. The molecule has 22 heavy (non-hydrogen) atoms. The molecule has 3 heteroatoms. The van der Waals surface area contributed by atoms with Gasteiger partial charge in [0, 0.05) is 38.9 Å². The van der Waals surface area contributed by atoms with Gasteiger partial charge >= 0.3 is 0 Å². The largest absolute Gasteiger partial charge is 0.378 e. The highest BCUT2D eigenvalue weighted by Gasteiger charge is 2.14. The minimum Gasteiger partial charge on any atom is -0.378 e. The van der Waals surface area contributed by atoms with Gasteiger partial charge in [-0.1, -0.05) is 42.5 Å². The first-order chi connectivity index (χ1) is 10.7. The molecule has 0 bridgehead atoms. The van der Waals surface area contributed by atoms with Gasteiger partial charge in [0.25, 0.3) is 0 Å². The number of nitrogens with zero attached hydrogens (tertiary/aromatic N) is 2. The van der Waals surface area contributed by atoms with Crippen molar-refractivity contribution in [2.75, 3.05) is 32.1 Å². The zero-order valence-electron chi connectivity index (χ0n) is 13.4. The van der Waals surface area contributed by atoms with Gasteiger partial charge in [-0.25, -0.2) is 0 Å². The molecule has 1 aliphatic heterocycles. The number of rotatable bonds is 5. The number of anilines is 1. The molecule has 1 aromatic rings. The Morgan fingerprint density at radius 2 is 1.64 bits per heavy atom. The molecule has 1 amide bonds. The molecule has 0 saturated carbocycles. The molecule has 0 unspecified atom stereocenters. The van der Waals surface area contributed by atoms with Gasteiger partial charge < -0.3 is 9.80 Å². The summed E-state index contributed by atoms with van der Waals surface area (Å²) in [6, 6.07) is 8.37. The Balaban J connectivity index is 1.79. The maximum absolute atomic E-state index is 11.8. The molecule has 116 valence electrons. The van der Waals surface area contributed by atoms with Crippen LogP contribution in [0.3, 0.4) is 0 Å². The van der Waals surface area contributed by atoms with Crippen LogP contribution in [0.4, 0.5) is 5.69 Å². The van der Waals surface area contributed by atoms with Crippen molar-refractivity contribution in [3.05, 3.63) is 60.2 Å². The number of hydrogen-bond acceptors (Lipinski definition) is 2. The van der Waals surface area contributed by atoms with E-state index in [-0.39, 0.29) is 5.91 Å². The molecule has 0 aromatic heterocycles. The molecule has 1 fully saturated rings. The molecule has 1 saturated heterocycles. The molecule has 0 spiro atoms. The Morgan fingerprint density at radius 3 is 2.27 bits per heavy atom. The van der Waals surface area contributed by atoms with Gasteiger partial charge in [-0.15, -0.1) is 0 Å². The van der Waals surface area contributed by atoms with Crippen molar-refractivity contribution in [1.29, 1.82) is 0 Å². The smallest absolute Gasteiger partial charge is 0.246 e. The van der Waals surface area contributed by atoms with E-state index in [0.717, 1.165) is 31.5 Å². The molecule has 0 atom stereocenters. The van der Waals surface area contributed by atoms with Crippen molar-refractivity contribution >= 4 is 17.7 Å². The van der Waals surface area contributed by atoms with Crippen LogP contribution in [-0.2, 0) is 4.79 Å². The van der Waals surface area contributed by atoms with Crippen molar-refractivity contribution in [2.24, 2.45) is 0 Å². The van der Waals surface area contributed by atoms with Crippen molar-refractivity contribution in [3.63, 3.8) is 0 Å². The van der Waals surface area contributed by atoms with E-state index in [4.69, 9.17) is 0 Å². The normalized spacial score (nSPS) is 15.5. The molecule has 2 rings (SSSR count). The van der Waals surface area contributed by atoms with E-state index in [9.17, 15) is 4.79 Å². The number of carbonyl (C=O) groups excluding carboxylic acids is 1. The molecular weight excluding hydrogens is 272 g/mol. The Morgan fingerprint density at radius 1 is 1.00 bits per heavy atom. The number of carbonyl (C=O) groups is 1. The van der Waals surface area contributed by atoms with Gasteiger partial charge in [-0.3, -0.25) is 4.79 Å². The maximum Gasteiger partial charge on any atom is 0.246 e. The number of hydrogen-bond donors (Lipinski definition) is 0. The van der Waals surface area contributed by atoms with Crippen molar-refractivity contribution in [1.82, 2.24) is 4.90 Å². The van der Waals surface area contributed by atoms with Crippen molar-refractivity contribution < 1.29 is 4.79 Å². The van der Waals surface area contributed by atoms with Crippen LogP contribution in [0.15, 0.2) is 54.6 Å². The summed E-state index contributed by atoms with van der Waals surface area (Å²) in [6.07, 6.45) is 13.6. The zero-order chi connectivity index (χ0) is 15.8. The summed E-state index contributed by atoms with van der Waals surface area (Å²) < 4.78 is 0. The average molecular weight is 296 g/mol. The summed E-state index contributed by atoms with van der Waals surface area (Å²) in [7, 11) is 4.06. The van der Waals surface area contributed by atoms with Crippen LogP contribution in [0, 0.1) is 0 Å². The second-order valence-electron chi connectivity index (χ2n) is 5.62. The van der Waals surface area contributed by atoms with Gasteiger partial charge in [0.05, 0.1) is 0 Å². The van der Waals surface area contributed by atoms with Crippen LogP contribution in [-0.4, -0.2) is 38.0 Å². The number of benzene rings is 1. The third kappa shape index (κ3) is 4.92. The second-order valence-corrected chi connectivity index (χ2v) is 5.62. The fourth-order valence-corrected chi connectivity index (χ4v) is 2.36. The zero-order valence-corrected chi connectivity index (χ0v) is 13.4. The lowest BCUT2D eigenvalue weighted by Gasteiger charge is -2.11. The third-order valence-electron chi connectivity index (χ3n) is 3.69. The van der Waals surface area contributed by atoms with Crippen LogP contribution >= 0.6 is 0 Å². The first-order valence-electron chi connectivity index (χ1n) is 7.74. The lowest BCUT2D eigenvalue weighted by Crippen LogP contribution is -2.25. The molecule has 0 N–H and O–H groups in total. The lowest BCUT2D eigenvalue weighted by atomic mass is 10.2. The summed E-state index contributed by atoms with van der Waals surface area (Å²) in [5.74, 6) is 0.116. The van der Waals surface area contributed by atoms with Crippen LogP contribution in [0.1, 0.15) is 18.4 Å². The summed E-state index contributed by atoms with van der Waals surface area (Å²) in [5.41, 5.74) is 2.35. The first kappa shape index (κ1) is 16.1. The van der Waals surface area contributed by atoms with Gasteiger partial charge in [0.15, 0.2) is 0 Å². The predicted octanol–water partition coefficient (Wildman–Crippen LogP) is 3.50. The minimum atomic E-state index is 0.116. The Kier molecular flexibility index (Phi) is 6.01. The van der Waals surface area contributed by atoms with Gasteiger partial charge in [-0.2, -0.15) is 0 Å². The fourth-order valence-electron chi connectivity index (χ4n) is 2.36. The highest BCUT2D eigenvalue weighted by Crippen LogP contribution is 2.13. The second kappa shape index (κ2) is 8.23. The summed E-state index contributed by atoms with van der Waals surface area (Å²) in [4.78, 5) is 15.7. The summed E-state index contributed by atoms with van der Waals surface area (Å²) in [5, 5.41) is 0. The quantitative estimate of drug-likeness (QED) is 0.613. The first-order valence-corrected chi connectivity index (χ1v) is 7.74. The van der Waals surface area contributed by atoms with Crippen molar-refractivity contribution in [3.8, 4) is 0 Å². The molecule has 0 radical (unpaired) electrons. The van der Waals surface area contributed by atoms with Crippen LogP contribution < -0.4 is 4.90 Å². The average Bonchev–Trinajstić information content (AvgIpc) is 3.05. The lowest BCUT2D eigenvalue weighted by molar-refractivity contribution is -0.124. The predicted molar refractivity (Wildman–Crippen MR) is 93.9 cm³/mol. The van der Waals surface area contributed by atoms with Gasteiger partial charge in [0.2, 0.25) is 5.91 Å². The summed E-state index contributed by atoms with van der Waals surface area (Å²) >= 11 is 0. The molecule has 1 heterocycles. The molecule has 0 aliphatic carbocycles. The van der Waals surface area contributed by atoms with E-state index in [1.165, 1.54) is 5.69 Å². The van der Waals surface area contributed by atoms with E-state index in [1.54, 1.807) is 12.2 Å². The highest BCUT2D eigenvalue weighted by molar-refractivity contribution is 5.88. The Labute approximate surface area is 133 Å². The van der Waals surface area contributed by atoms with Crippen LogP contribution in [0.2, 0.25) is 0 Å². The molecular formula is C19H24N2O. The van der Waals surface area contributed by atoms with E-state index in [2.05, 4.69) is 29.2 Å². The SMILES string of the molecule is CN(C)c1ccc(/C=C/C=C/C=C/C(=O)N2CCCC2)cc1. The van der Waals surface area contributed by atoms with E-state index in [0.29, 0.717) is 0 Å². The molecule has 1 aromatic carbocycles. The summed E-state index contributed by atoms with van der Waals surface area (Å²) in [6.45, 7) is 1.80. The van der Waals surface area contributed by atoms with E-state index in [1.807, 2.05) is 43.3 Å². The highest BCUT2D eigenvalue weighted by atomic mass is 16.2. The Hall–Kier alpha value is -2.29. The number of allylic oxidation sites excluding steroid dienone is 4. The number of amides is 1. The topological polar surface area (TPSA) is 23.6 Å². The van der Waals surface area contributed by atoms with Crippen LogP contribution in [0.5, 0.6) is 0 Å². The number of likely N-dealkylation sites (tertiary alicyclic amines) is 1. The standard InChI is InChI=1S/C19H24N2O/c1-20(2)18-13-11-17(12-14-18)9-5-3-4-6-10-19(22)21-15-7-8-16-21/h3-6,9-14H,7-8,15-16H2,1-2H3/b4-3+,9-5+,10-6+. The van der Waals surface area contributed by atoms with Gasteiger partial charge in [0.1, 0.15) is 0 Å². The minimum absolute atomic E-state index is 0.116. The van der Waals surface area contributed by atoms with Gasteiger partial charge in [-0.05, 0) is 30.5 Å². The Bertz CT molecular complexity index is 562. The monoisotopic (exact) mass is 296 g/mol. The van der Waals surface area contributed by atoms with Crippen molar-refractivity contribution in [2.45, 2.75) is 12.8 Å².